The lowest BCUT2D eigenvalue weighted by Gasteiger charge is -2.09. The molecule has 1 aliphatic rings. The van der Waals surface area contributed by atoms with E-state index in [9.17, 15) is 4.79 Å². The first-order chi connectivity index (χ1) is 8.75. The summed E-state index contributed by atoms with van der Waals surface area (Å²) in [5, 5.41) is 0. The van der Waals surface area contributed by atoms with Gasteiger partial charge in [-0.05, 0) is 59.2 Å². The molecule has 1 aromatic heterocycles. The summed E-state index contributed by atoms with van der Waals surface area (Å²) < 4.78 is 1.15. The number of nitrogens with zero attached hydrogens (tertiary/aromatic N) is 1. The van der Waals surface area contributed by atoms with Crippen molar-refractivity contribution >= 4 is 28.4 Å². The zero-order valence-electron chi connectivity index (χ0n) is 9.77. The number of carbonyl (C=O) groups is 1. The molecule has 18 heavy (non-hydrogen) atoms. The Balaban J connectivity index is 1.93. The fraction of sp³-hybridized carbons (Fsp3) is 0.200. The fourth-order valence-electron chi connectivity index (χ4n) is 2.48. The van der Waals surface area contributed by atoms with E-state index in [0.717, 1.165) is 27.7 Å². The standard InChI is InChI=1S/C15H12INO/c16-12-6-3-11(4-7-12)15(18)13-8-5-10-2-1-9-17-14(10)13/h1-4,6-7,9,13H,5,8H2. The second-order valence-electron chi connectivity index (χ2n) is 4.51. The number of hydrogen-bond acceptors (Lipinski definition) is 2. The van der Waals surface area contributed by atoms with Crippen LogP contribution in [0.2, 0.25) is 0 Å². The molecule has 0 saturated heterocycles. The van der Waals surface area contributed by atoms with Gasteiger partial charge in [0.15, 0.2) is 5.78 Å². The quantitative estimate of drug-likeness (QED) is 0.613. The van der Waals surface area contributed by atoms with Crippen molar-refractivity contribution in [3.63, 3.8) is 0 Å². The minimum absolute atomic E-state index is 0.0544. The van der Waals surface area contributed by atoms with Crippen LogP contribution in [-0.4, -0.2) is 10.8 Å². The number of aryl methyl sites for hydroxylation is 1. The first-order valence-corrected chi connectivity index (χ1v) is 7.07. The molecule has 0 fully saturated rings. The lowest BCUT2D eigenvalue weighted by atomic mass is 9.95. The molecule has 3 rings (SSSR count). The Bertz CT molecular complexity index is 592. The van der Waals surface area contributed by atoms with Crippen LogP contribution in [0.1, 0.15) is 34.0 Å². The van der Waals surface area contributed by atoms with E-state index in [4.69, 9.17) is 0 Å². The van der Waals surface area contributed by atoms with Gasteiger partial charge in [-0.1, -0.05) is 18.2 Å². The number of rotatable bonds is 2. The highest BCUT2D eigenvalue weighted by atomic mass is 127. The van der Waals surface area contributed by atoms with Crippen LogP contribution in [0, 0.1) is 3.57 Å². The average molecular weight is 349 g/mol. The van der Waals surface area contributed by atoms with E-state index >= 15 is 0 Å². The summed E-state index contributed by atoms with van der Waals surface area (Å²) in [5.41, 5.74) is 2.99. The number of ketones is 1. The number of carbonyl (C=O) groups excluding carboxylic acids is 1. The second-order valence-corrected chi connectivity index (χ2v) is 5.76. The van der Waals surface area contributed by atoms with Gasteiger partial charge < -0.3 is 0 Å². The van der Waals surface area contributed by atoms with Crippen LogP contribution >= 0.6 is 22.6 Å². The topological polar surface area (TPSA) is 30.0 Å². The predicted octanol–water partition coefficient (Wildman–Crippen LogP) is 3.60. The van der Waals surface area contributed by atoms with E-state index in [1.165, 1.54) is 5.56 Å². The van der Waals surface area contributed by atoms with Crippen LogP contribution in [0.15, 0.2) is 42.6 Å². The molecular formula is C15H12INO. The van der Waals surface area contributed by atoms with Crippen LogP contribution in [0.3, 0.4) is 0 Å². The summed E-state index contributed by atoms with van der Waals surface area (Å²) in [7, 11) is 0. The van der Waals surface area contributed by atoms with Crippen LogP contribution in [0.4, 0.5) is 0 Å². The van der Waals surface area contributed by atoms with Gasteiger partial charge in [-0.25, -0.2) is 0 Å². The maximum Gasteiger partial charge on any atom is 0.171 e. The normalized spacial score (nSPS) is 17.5. The highest BCUT2D eigenvalue weighted by Gasteiger charge is 2.30. The van der Waals surface area contributed by atoms with Crippen LogP contribution < -0.4 is 0 Å². The van der Waals surface area contributed by atoms with Gasteiger partial charge in [0.1, 0.15) is 0 Å². The Morgan fingerprint density at radius 2 is 2.00 bits per heavy atom. The van der Waals surface area contributed by atoms with E-state index in [2.05, 4.69) is 33.6 Å². The lowest BCUT2D eigenvalue weighted by molar-refractivity contribution is 0.0958. The Kier molecular flexibility index (Phi) is 3.16. The third kappa shape index (κ3) is 2.07. The number of halogens is 1. The van der Waals surface area contributed by atoms with Crippen LogP contribution in [-0.2, 0) is 6.42 Å². The highest BCUT2D eigenvalue weighted by Crippen LogP contribution is 2.33. The number of benzene rings is 1. The largest absolute Gasteiger partial charge is 0.293 e. The first kappa shape index (κ1) is 11.8. The minimum Gasteiger partial charge on any atom is -0.293 e. The Morgan fingerprint density at radius 3 is 2.78 bits per heavy atom. The van der Waals surface area contributed by atoms with E-state index < -0.39 is 0 Å². The van der Waals surface area contributed by atoms with E-state index in [1.54, 1.807) is 6.20 Å². The molecular weight excluding hydrogens is 337 g/mol. The summed E-state index contributed by atoms with van der Waals surface area (Å²) >= 11 is 2.24. The smallest absolute Gasteiger partial charge is 0.171 e. The minimum atomic E-state index is -0.0544. The number of aromatic nitrogens is 1. The van der Waals surface area contributed by atoms with Crippen molar-refractivity contribution in [2.75, 3.05) is 0 Å². The van der Waals surface area contributed by atoms with E-state index in [0.29, 0.717) is 0 Å². The second kappa shape index (κ2) is 4.80. The molecule has 0 radical (unpaired) electrons. The molecule has 0 spiro atoms. The molecule has 3 heteroatoms. The fourth-order valence-corrected chi connectivity index (χ4v) is 2.84. The molecule has 0 saturated carbocycles. The molecule has 0 aliphatic heterocycles. The third-order valence-electron chi connectivity index (χ3n) is 3.40. The zero-order valence-corrected chi connectivity index (χ0v) is 11.9. The number of fused-ring (bicyclic) bond motifs is 1. The van der Waals surface area contributed by atoms with Crippen molar-refractivity contribution in [3.05, 3.63) is 63.0 Å². The summed E-state index contributed by atoms with van der Waals surface area (Å²) in [4.78, 5) is 16.9. The number of Topliss-reactive ketones (excluding diaryl/α,β-unsaturated/α-hetero) is 1. The van der Waals surface area contributed by atoms with Gasteiger partial charge in [-0.2, -0.15) is 0 Å². The van der Waals surface area contributed by atoms with Crippen molar-refractivity contribution in [2.45, 2.75) is 18.8 Å². The maximum atomic E-state index is 12.5. The van der Waals surface area contributed by atoms with E-state index in [1.807, 2.05) is 30.3 Å². The van der Waals surface area contributed by atoms with Gasteiger partial charge in [0.25, 0.3) is 0 Å². The SMILES string of the molecule is O=C(c1ccc(I)cc1)C1CCc2cccnc21. The van der Waals surface area contributed by atoms with Crippen molar-refractivity contribution in [2.24, 2.45) is 0 Å². The monoisotopic (exact) mass is 349 g/mol. The number of pyridine rings is 1. The number of hydrogen-bond donors (Lipinski definition) is 0. The van der Waals surface area contributed by atoms with Gasteiger partial charge in [0.05, 0.1) is 11.6 Å². The molecule has 1 heterocycles. The summed E-state index contributed by atoms with van der Waals surface area (Å²) in [6.07, 6.45) is 3.62. The Labute approximate surface area is 120 Å². The summed E-state index contributed by atoms with van der Waals surface area (Å²) in [6.45, 7) is 0. The molecule has 0 N–H and O–H groups in total. The zero-order chi connectivity index (χ0) is 12.5. The molecule has 1 aliphatic carbocycles. The highest BCUT2D eigenvalue weighted by molar-refractivity contribution is 14.1. The maximum absolute atomic E-state index is 12.5. The average Bonchev–Trinajstić information content (AvgIpc) is 2.82. The predicted molar refractivity (Wildman–Crippen MR) is 78.8 cm³/mol. The van der Waals surface area contributed by atoms with E-state index in [-0.39, 0.29) is 11.7 Å². The third-order valence-corrected chi connectivity index (χ3v) is 4.12. The van der Waals surface area contributed by atoms with Gasteiger partial charge in [0.2, 0.25) is 0 Å². The van der Waals surface area contributed by atoms with Crippen molar-refractivity contribution < 1.29 is 4.79 Å². The van der Waals surface area contributed by atoms with Gasteiger partial charge in [-0.15, -0.1) is 0 Å². The molecule has 2 nitrogen and oxygen atoms in total. The molecule has 0 bridgehead atoms. The molecule has 2 aromatic rings. The Hall–Kier alpha value is -1.23. The molecule has 0 amide bonds. The first-order valence-electron chi connectivity index (χ1n) is 5.99. The molecule has 1 atom stereocenters. The van der Waals surface area contributed by atoms with Crippen LogP contribution in [0.5, 0.6) is 0 Å². The van der Waals surface area contributed by atoms with Crippen LogP contribution in [0.25, 0.3) is 0 Å². The summed E-state index contributed by atoms with van der Waals surface area (Å²) in [5.74, 6) is 0.144. The van der Waals surface area contributed by atoms with Crippen molar-refractivity contribution in [3.8, 4) is 0 Å². The molecule has 90 valence electrons. The van der Waals surface area contributed by atoms with Gasteiger partial charge in [0, 0.05) is 15.3 Å². The molecule has 1 unspecified atom stereocenters. The summed E-state index contributed by atoms with van der Waals surface area (Å²) in [6, 6.07) is 11.8. The van der Waals surface area contributed by atoms with Gasteiger partial charge in [-0.3, -0.25) is 9.78 Å². The van der Waals surface area contributed by atoms with Crippen molar-refractivity contribution in [1.29, 1.82) is 0 Å². The Morgan fingerprint density at radius 1 is 1.22 bits per heavy atom. The lowest BCUT2D eigenvalue weighted by Crippen LogP contribution is -2.11. The van der Waals surface area contributed by atoms with Crippen molar-refractivity contribution in [1.82, 2.24) is 4.98 Å². The molecule has 1 aromatic carbocycles. The van der Waals surface area contributed by atoms with Gasteiger partial charge >= 0.3 is 0 Å².